The molecule has 0 N–H and O–H groups in total. The molecule has 0 fully saturated rings. The lowest BCUT2D eigenvalue weighted by Crippen LogP contribution is -2.13. The van der Waals surface area contributed by atoms with E-state index in [-0.39, 0.29) is 0 Å². The van der Waals surface area contributed by atoms with Gasteiger partial charge in [0.25, 0.3) is 0 Å². The molecule has 2 heterocycles. The van der Waals surface area contributed by atoms with E-state index in [9.17, 15) is 0 Å². The molecule has 76 valence electrons. The van der Waals surface area contributed by atoms with Gasteiger partial charge in [-0.1, -0.05) is 29.8 Å². The molecular weight excluding hydrogens is 208 g/mol. The van der Waals surface area contributed by atoms with Gasteiger partial charge in [-0.25, -0.2) is 4.98 Å². The maximum atomic E-state index is 6.39. The Morgan fingerprint density at radius 3 is 3.00 bits per heavy atom. The summed E-state index contributed by atoms with van der Waals surface area (Å²) in [5.41, 5.74) is 2.17. The zero-order chi connectivity index (χ0) is 10.4. The Hall–Kier alpha value is -1.28. The molecule has 0 radical (unpaired) electrons. The van der Waals surface area contributed by atoms with E-state index >= 15 is 0 Å². The number of nitrogens with zero attached hydrogens (tertiary/aromatic N) is 2. The summed E-state index contributed by atoms with van der Waals surface area (Å²) >= 11 is 6.39. The Kier molecular flexibility index (Phi) is 1.86. The molecule has 0 atom stereocenters. The van der Waals surface area contributed by atoms with Crippen molar-refractivity contribution in [3.8, 4) is 0 Å². The van der Waals surface area contributed by atoms with Crippen LogP contribution in [0.5, 0.6) is 0 Å². The summed E-state index contributed by atoms with van der Waals surface area (Å²) in [5.74, 6) is 1.04. The number of aromatic nitrogens is 1. The molecule has 0 saturated heterocycles. The van der Waals surface area contributed by atoms with Gasteiger partial charge in [0.1, 0.15) is 5.82 Å². The van der Waals surface area contributed by atoms with Crippen molar-refractivity contribution in [2.75, 3.05) is 18.5 Å². The topological polar surface area (TPSA) is 16.1 Å². The lowest BCUT2D eigenvalue weighted by Gasteiger charge is -2.12. The summed E-state index contributed by atoms with van der Waals surface area (Å²) in [6, 6.07) is 8.03. The van der Waals surface area contributed by atoms with Crippen molar-refractivity contribution >= 4 is 28.3 Å². The van der Waals surface area contributed by atoms with Gasteiger partial charge >= 0.3 is 0 Å². The van der Waals surface area contributed by atoms with Crippen LogP contribution in [0.1, 0.15) is 5.56 Å². The van der Waals surface area contributed by atoms with Crippen LogP contribution in [-0.2, 0) is 6.42 Å². The summed E-state index contributed by atoms with van der Waals surface area (Å²) in [7, 11) is 2.06. The van der Waals surface area contributed by atoms with E-state index in [1.54, 1.807) is 0 Å². The zero-order valence-corrected chi connectivity index (χ0v) is 9.25. The third-order valence-corrected chi connectivity index (χ3v) is 3.39. The van der Waals surface area contributed by atoms with Crippen LogP contribution < -0.4 is 4.90 Å². The number of para-hydroxylation sites is 1. The fourth-order valence-electron chi connectivity index (χ4n) is 2.12. The average molecular weight is 219 g/mol. The molecule has 1 aromatic heterocycles. The van der Waals surface area contributed by atoms with Crippen LogP contribution in [0.15, 0.2) is 24.3 Å². The number of fused-ring (bicyclic) bond motifs is 2. The first-order chi connectivity index (χ1) is 7.27. The van der Waals surface area contributed by atoms with E-state index in [1.807, 2.05) is 24.3 Å². The van der Waals surface area contributed by atoms with E-state index in [0.717, 1.165) is 34.7 Å². The first-order valence-corrected chi connectivity index (χ1v) is 5.43. The van der Waals surface area contributed by atoms with E-state index in [0.29, 0.717) is 0 Å². The highest BCUT2D eigenvalue weighted by Gasteiger charge is 2.21. The van der Waals surface area contributed by atoms with Crippen molar-refractivity contribution in [2.45, 2.75) is 6.42 Å². The first-order valence-electron chi connectivity index (χ1n) is 5.05. The largest absolute Gasteiger partial charge is 0.359 e. The van der Waals surface area contributed by atoms with Crippen molar-refractivity contribution in [1.29, 1.82) is 0 Å². The molecule has 15 heavy (non-hydrogen) atoms. The molecule has 1 aliphatic rings. The molecule has 0 aliphatic carbocycles. The lowest BCUT2D eigenvalue weighted by molar-refractivity contribution is 0.947. The van der Waals surface area contributed by atoms with Crippen molar-refractivity contribution in [1.82, 2.24) is 4.98 Å². The van der Waals surface area contributed by atoms with Gasteiger partial charge in [0.05, 0.1) is 10.5 Å². The summed E-state index contributed by atoms with van der Waals surface area (Å²) in [6.07, 6.45) is 1.00. The predicted octanol–water partition coefficient (Wildman–Crippen LogP) is 2.88. The van der Waals surface area contributed by atoms with Crippen LogP contribution in [0.4, 0.5) is 5.82 Å². The number of hydrogen-bond acceptors (Lipinski definition) is 2. The van der Waals surface area contributed by atoms with E-state index in [2.05, 4.69) is 16.9 Å². The number of anilines is 1. The Labute approximate surface area is 93.5 Å². The molecule has 0 spiro atoms. The highest BCUT2D eigenvalue weighted by atomic mass is 35.5. The quantitative estimate of drug-likeness (QED) is 0.676. The van der Waals surface area contributed by atoms with Crippen LogP contribution in [-0.4, -0.2) is 18.6 Å². The van der Waals surface area contributed by atoms with Crippen LogP contribution in [0.25, 0.3) is 10.9 Å². The Morgan fingerprint density at radius 2 is 2.13 bits per heavy atom. The minimum atomic E-state index is 0.875. The number of rotatable bonds is 0. The van der Waals surface area contributed by atoms with Gasteiger partial charge in [0.2, 0.25) is 0 Å². The number of pyridine rings is 1. The monoisotopic (exact) mass is 218 g/mol. The van der Waals surface area contributed by atoms with E-state index in [4.69, 9.17) is 11.6 Å². The SMILES string of the molecule is CN1CCc2c1nc1ccccc1c2Cl. The maximum Gasteiger partial charge on any atom is 0.133 e. The number of benzene rings is 1. The van der Waals surface area contributed by atoms with Crippen LogP contribution in [0.2, 0.25) is 5.02 Å². The first kappa shape index (κ1) is 8.98. The molecule has 2 nitrogen and oxygen atoms in total. The molecule has 0 amide bonds. The van der Waals surface area contributed by atoms with Crippen molar-refractivity contribution in [3.05, 3.63) is 34.9 Å². The summed E-state index contributed by atoms with van der Waals surface area (Å²) in [4.78, 5) is 6.80. The third kappa shape index (κ3) is 1.21. The van der Waals surface area contributed by atoms with Gasteiger partial charge in [-0.3, -0.25) is 0 Å². The molecule has 0 saturated carbocycles. The minimum Gasteiger partial charge on any atom is -0.359 e. The second kappa shape index (κ2) is 3.11. The van der Waals surface area contributed by atoms with Crippen molar-refractivity contribution < 1.29 is 0 Å². The average Bonchev–Trinajstić information content (AvgIpc) is 2.62. The molecule has 1 aromatic carbocycles. The second-order valence-corrected chi connectivity index (χ2v) is 4.29. The number of hydrogen-bond donors (Lipinski definition) is 0. The molecule has 0 unspecified atom stereocenters. The fraction of sp³-hybridized carbons (Fsp3) is 0.250. The van der Waals surface area contributed by atoms with Crippen LogP contribution in [0.3, 0.4) is 0 Å². The lowest BCUT2D eigenvalue weighted by atomic mass is 10.1. The molecule has 3 heteroatoms. The Balaban J connectivity index is 2.41. The van der Waals surface area contributed by atoms with Crippen LogP contribution in [0, 0.1) is 0 Å². The Bertz CT molecular complexity index is 536. The third-order valence-electron chi connectivity index (χ3n) is 2.96. The predicted molar refractivity (Wildman–Crippen MR) is 63.7 cm³/mol. The maximum absolute atomic E-state index is 6.39. The van der Waals surface area contributed by atoms with E-state index in [1.165, 1.54) is 5.56 Å². The normalized spacial score (nSPS) is 14.7. The second-order valence-electron chi connectivity index (χ2n) is 3.92. The number of likely N-dealkylation sites (N-methyl/N-ethyl adjacent to an activating group) is 1. The Morgan fingerprint density at radius 1 is 1.33 bits per heavy atom. The highest BCUT2D eigenvalue weighted by Crippen LogP contribution is 2.35. The van der Waals surface area contributed by atoms with Gasteiger partial charge in [0, 0.05) is 24.5 Å². The fourth-order valence-corrected chi connectivity index (χ4v) is 2.46. The smallest absolute Gasteiger partial charge is 0.133 e. The van der Waals surface area contributed by atoms with Gasteiger partial charge < -0.3 is 4.90 Å². The van der Waals surface area contributed by atoms with Gasteiger partial charge in [-0.2, -0.15) is 0 Å². The molecule has 0 bridgehead atoms. The molecule has 1 aliphatic heterocycles. The molecular formula is C12H11ClN2. The van der Waals surface area contributed by atoms with Crippen molar-refractivity contribution in [3.63, 3.8) is 0 Å². The van der Waals surface area contributed by atoms with Gasteiger partial charge in [-0.05, 0) is 12.5 Å². The summed E-state index contributed by atoms with van der Waals surface area (Å²) in [6.45, 7) is 1.01. The zero-order valence-electron chi connectivity index (χ0n) is 8.50. The van der Waals surface area contributed by atoms with Gasteiger partial charge in [0.15, 0.2) is 0 Å². The minimum absolute atomic E-state index is 0.875. The van der Waals surface area contributed by atoms with Crippen molar-refractivity contribution in [2.24, 2.45) is 0 Å². The molecule has 2 aromatic rings. The molecule has 3 rings (SSSR count). The standard InChI is InChI=1S/C12H11ClN2/c1-15-7-6-9-11(13)8-4-2-3-5-10(8)14-12(9)15/h2-5H,6-7H2,1H3. The van der Waals surface area contributed by atoms with Crippen LogP contribution >= 0.6 is 11.6 Å². The highest BCUT2D eigenvalue weighted by molar-refractivity contribution is 6.36. The number of halogens is 1. The van der Waals surface area contributed by atoms with Gasteiger partial charge in [-0.15, -0.1) is 0 Å². The summed E-state index contributed by atoms with van der Waals surface area (Å²) < 4.78 is 0. The summed E-state index contributed by atoms with van der Waals surface area (Å²) in [5, 5.41) is 1.94. The van der Waals surface area contributed by atoms with E-state index < -0.39 is 0 Å².